The van der Waals surface area contributed by atoms with Gasteiger partial charge in [-0.05, 0) is 48.9 Å². The monoisotopic (exact) mass is 431 g/mol. The number of thioether (sulfide) groups is 1. The third-order valence-electron chi connectivity index (χ3n) is 4.21. The Morgan fingerprint density at radius 1 is 1.14 bits per heavy atom. The summed E-state index contributed by atoms with van der Waals surface area (Å²) in [6.07, 6.45) is 0. The molecule has 0 unspecified atom stereocenters. The van der Waals surface area contributed by atoms with Crippen molar-refractivity contribution >= 4 is 58.4 Å². The van der Waals surface area contributed by atoms with Crippen LogP contribution in [0.2, 0.25) is 5.02 Å². The van der Waals surface area contributed by atoms with Crippen molar-refractivity contribution < 1.29 is 19.2 Å². The van der Waals surface area contributed by atoms with Crippen molar-refractivity contribution in [3.63, 3.8) is 0 Å². The van der Waals surface area contributed by atoms with Gasteiger partial charge in [-0.1, -0.05) is 17.7 Å². The number of nitrogens with zero attached hydrogens (tertiary/aromatic N) is 1. The third kappa shape index (κ3) is 5.16. The summed E-state index contributed by atoms with van der Waals surface area (Å²) >= 11 is 7.00. The number of ketones is 1. The Kier molecular flexibility index (Phi) is 6.56. The minimum atomic E-state index is -0.488. The summed E-state index contributed by atoms with van der Waals surface area (Å²) in [6, 6.07) is 11.1. The second kappa shape index (κ2) is 9.11. The van der Waals surface area contributed by atoms with E-state index < -0.39 is 6.03 Å². The number of hydrogen-bond donors (Lipinski definition) is 2. The first kappa shape index (κ1) is 20.9. The normalized spacial score (nSPS) is 13.4. The van der Waals surface area contributed by atoms with E-state index >= 15 is 0 Å². The van der Waals surface area contributed by atoms with Crippen molar-refractivity contribution in [1.82, 2.24) is 5.32 Å². The van der Waals surface area contributed by atoms with Crippen LogP contribution in [0.3, 0.4) is 0 Å². The molecule has 9 heteroatoms. The van der Waals surface area contributed by atoms with Gasteiger partial charge in [-0.2, -0.15) is 0 Å². The largest absolute Gasteiger partial charge is 0.329 e. The number of carbonyl (C=O) groups excluding carboxylic acids is 4. The van der Waals surface area contributed by atoms with Crippen LogP contribution >= 0.6 is 23.4 Å². The smallest absolute Gasteiger partial charge is 0.328 e. The highest BCUT2D eigenvalue weighted by molar-refractivity contribution is 8.00. The van der Waals surface area contributed by atoms with E-state index in [0.29, 0.717) is 22.0 Å². The lowest BCUT2D eigenvalue weighted by Gasteiger charge is -2.17. The predicted molar refractivity (Wildman–Crippen MR) is 114 cm³/mol. The number of urea groups is 1. The van der Waals surface area contributed by atoms with E-state index in [1.165, 1.54) is 11.8 Å². The fraction of sp³-hybridized carbons (Fsp3) is 0.200. The molecular weight excluding hydrogens is 414 g/mol. The molecule has 4 amide bonds. The topological polar surface area (TPSA) is 95.6 Å². The first-order valence-corrected chi connectivity index (χ1v) is 10.3. The lowest BCUT2D eigenvalue weighted by molar-refractivity contribution is -0.116. The second-order valence-corrected chi connectivity index (χ2v) is 7.78. The van der Waals surface area contributed by atoms with Gasteiger partial charge in [0.05, 0.1) is 23.7 Å². The maximum atomic E-state index is 12.2. The van der Waals surface area contributed by atoms with Crippen LogP contribution in [0.5, 0.6) is 0 Å². The van der Waals surface area contributed by atoms with Crippen LogP contribution in [0.1, 0.15) is 15.9 Å². The standard InChI is InChI=1S/C20H18ClN3O4S/c1-12-2-7-15(8-16(12)24-19(27)9-22-20(24)28)23-18(26)11-29-10-17(25)13-3-5-14(21)6-4-13/h2-8H,9-11H2,1H3,(H,22,28)(H,23,26). The van der Waals surface area contributed by atoms with Crippen molar-refractivity contribution in [2.75, 3.05) is 28.3 Å². The molecular formula is C20H18ClN3O4S. The highest BCUT2D eigenvalue weighted by atomic mass is 35.5. The summed E-state index contributed by atoms with van der Waals surface area (Å²) < 4.78 is 0. The average Bonchev–Trinajstić information content (AvgIpc) is 3.02. The number of rotatable bonds is 7. The fourth-order valence-electron chi connectivity index (χ4n) is 2.75. The molecule has 1 aliphatic rings. The molecule has 2 N–H and O–H groups in total. The van der Waals surface area contributed by atoms with Gasteiger partial charge in [0.15, 0.2) is 5.78 Å². The van der Waals surface area contributed by atoms with Crippen LogP contribution in [0.25, 0.3) is 0 Å². The van der Waals surface area contributed by atoms with E-state index in [9.17, 15) is 19.2 Å². The molecule has 1 heterocycles. The highest BCUT2D eigenvalue weighted by Crippen LogP contribution is 2.26. The molecule has 29 heavy (non-hydrogen) atoms. The van der Waals surface area contributed by atoms with E-state index in [4.69, 9.17) is 11.6 Å². The number of amides is 4. The molecule has 1 fully saturated rings. The van der Waals surface area contributed by atoms with E-state index in [1.807, 2.05) is 0 Å². The molecule has 150 valence electrons. The van der Waals surface area contributed by atoms with Crippen LogP contribution in [0, 0.1) is 6.92 Å². The Labute approximate surface area is 176 Å². The number of Topliss-reactive ketones (excluding diaryl/α,β-unsaturated/α-hetero) is 1. The molecule has 1 aliphatic heterocycles. The summed E-state index contributed by atoms with van der Waals surface area (Å²) in [5, 5.41) is 5.75. The maximum absolute atomic E-state index is 12.2. The molecule has 0 spiro atoms. The zero-order valence-corrected chi connectivity index (χ0v) is 17.1. The van der Waals surface area contributed by atoms with E-state index in [1.54, 1.807) is 49.4 Å². The van der Waals surface area contributed by atoms with E-state index in [-0.39, 0.29) is 35.6 Å². The first-order chi connectivity index (χ1) is 13.8. The minimum Gasteiger partial charge on any atom is -0.328 e. The number of nitrogens with one attached hydrogen (secondary N) is 2. The van der Waals surface area contributed by atoms with Crippen LogP contribution in [-0.4, -0.2) is 41.7 Å². The van der Waals surface area contributed by atoms with Crippen LogP contribution in [-0.2, 0) is 9.59 Å². The molecule has 0 aromatic heterocycles. The Balaban J connectivity index is 1.56. The third-order valence-corrected chi connectivity index (χ3v) is 5.39. The summed E-state index contributed by atoms with van der Waals surface area (Å²) in [5.41, 5.74) is 2.16. The Morgan fingerprint density at radius 3 is 2.52 bits per heavy atom. The van der Waals surface area contributed by atoms with Gasteiger partial charge in [-0.3, -0.25) is 14.4 Å². The van der Waals surface area contributed by atoms with Crippen molar-refractivity contribution in [2.24, 2.45) is 0 Å². The number of hydrogen-bond acceptors (Lipinski definition) is 5. The zero-order chi connectivity index (χ0) is 21.0. The summed E-state index contributed by atoms with van der Waals surface area (Å²) in [7, 11) is 0. The minimum absolute atomic E-state index is 0.0485. The second-order valence-electron chi connectivity index (χ2n) is 6.36. The van der Waals surface area contributed by atoms with Gasteiger partial charge in [0.25, 0.3) is 5.91 Å². The number of carbonyl (C=O) groups is 4. The lowest BCUT2D eigenvalue weighted by Crippen LogP contribution is -2.31. The van der Waals surface area contributed by atoms with Crippen LogP contribution in [0.4, 0.5) is 16.2 Å². The average molecular weight is 432 g/mol. The molecule has 1 saturated heterocycles. The van der Waals surface area contributed by atoms with Crippen molar-refractivity contribution in [1.29, 1.82) is 0 Å². The molecule has 7 nitrogen and oxygen atoms in total. The molecule has 2 aromatic rings. The van der Waals surface area contributed by atoms with E-state index in [0.717, 1.165) is 10.5 Å². The summed E-state index contributed by atoms with van der Waals surface area (Å²) in [5.74, 6) is -0.470. The van der Waals surface area contributed by atoms with Crippen LogP contribution < -0.4 is 15.5 Å². The van der Waals surface area contributed by atoms with Gasteiger partial charge < -0.3 is 10.6 Å². The number of benzene rings is 2. The first-order valence-electron chi connectivity index (χ1n) is 8.73. The van der Waals surface area contributed by atoms with Gasteiger partial charge in [0.2, 0.25) is 5.91 Å². The maximum Gasteiger partial charge on any atom is 0.329 e. The van der Waals surface area contributed by atoms with Gasteiger partial charge >= 0.3 is 6.03 Å². The summed E-state index contributed by atoms with van der Waals surface area (Å²) in [6.45, 7) is 1.73. The number of halogens is 1. The number of aryl methyl sites for hydroxylation is 1. The molecule has 0 aliphatic carbocycles. The Bertz CT molecular complexity index is 962. The molecule has 3 rings (SSSR count). The molecule has 0 bridgehead atoms. The predicted octanol–water partition coefficient (Wildman–Crippen LogP) is 3.26. The lowest BCUT2D eigenvalue weighted by atomic mass is 10.1. The number of anilines is 2. The Morgan fingerprint density at radius 2 is 1.86 bits per heavy atom. The van der Waals surface area contributed by atoms with Gasteiger partial charge in [-0.25, -0.2) is 9.69 Å². The fourth-order valence-corrected chi connectivity index (χ4v) is 3.58. The van der Waals surface area contributed by atoms with Gasteiger partial charge in [-0.15, -0.1) is 11.8 Å². The van der Waals surface area contributed by atoms with Gasteiger partial charge in [0, 0.05) is 16.3 Å². The SMILES string of the molecule is Cc1ccc(NC(=O)CSCC(=O)c2ccc(Cl)cc2)cc1N1C(=O)CNC1=O. The van der Waals surface area contributed by atoms with E-state index in [2.05, 4.69) is 10.6 Å². The molecule has 2 aromatic carbocycles. The van der Waals surface area contributed by atoms with Crippen molar-refractivity contribution in [2.45, 2.75) is 6.92 Å². The van der Waals surface area contributed by atoms with Crippen molar-refractivity contribution in [3.8, 4) is 0 Å². The van der Waals surface area contributed by atoms with Gasteiger partial charge in [0.1, 0.15) is 0 Å². The molecule has 0 atom stereocenters. The molecule has 0 saturated carbocycles. The Hall–Kier alpha value is -2.84. The molecule has 0 radical (unpaired) electrons. The van der Waals surface area contributed by atoms with Crippen LogP contribution in [0.15, 0.2) is 42.5 Å². The van der Waals surface area contributed by atoms with Crippen molar-refractivity contribution in [3.05, 3.63) is 58.6 Å². The quantitative estimate of drug-likeness (QED) is 0.518. The summed E-state index contributed by atoms with van der Waals surface area (Å²) in [4.78, 5) is 49.2. The highest BCUT2D eigenvalue weighted by Gasteiger charge is 2.31. The number of imide groups is 1. The zero-order valence-electron chi connectivity index (χ0n) is 15.5.